The summed E-state index contributed by atoms with van der Waals surface area (Å²) in [5, 5.41) is 4.12. The molecule has 0 bridgehead atoms. The van der Waals surface area contributed by atoms with Gasteiger partial charge in [0.05, 0.1) is 19.1 Å². The Labute approximate surface area is 176 Å². The number of ether oxygens (including phenoxy) is 2. The van der Waals surface area contributed by atoms with Crippen molar-refractivity contribution in [1.82, 2.24) is 15.0 Å². The van der Waals surface area contributed by atoms with Gasteiger partial charge < -0.3 is 18.9 Å². The first-order valence-corrected chi connectivity index (χ1v) is 11.1. The monoisotopic (exact) mass is 411 g/mol. The van der Waals surface area contributed by atoms with Crippen molar-refractivity contribution in [1.29, 1.82) is 0 Å². The molecule has 2 heterocycles. The van der Waals surface area contributed by atoms with Crippen LogP contribution in [-0.2, 0) is 21.4 Å². The van der Waals surface area contributed by atoms with E-state index in [4.69, 9.17) is 14.0 Å². The van der Waals surface area contributed by atoms with Crippen LogP contribution in [0.25, 0.3) is 0 Å². The summed E-state index contributed by atoms with van der Waals surface area (Å²) in [5.41, 5.74) is 0.659. The Morgan fingerprint density at radius 1 is 1.23 bits per heavy atom. The second kappa shape index (κ2) is 8.02. The molecule has 2 saturated carbocycles. The van der Waals surface area contributed by atoms with E-state index in [2.05, 4.69) is 10.1 Å². The summed E-state index contributed by atoms with van der Waals surface area (Å²) in [7, 11) is 1.65. The molecule has 7 heteroatoms. The molecule has 1 amide bonds. The summed E-state index contributed by atoms with van der Waals surface area (Å²) in [4.78, 5) is 20.1. The van der Waals surface area contributed by atoms with Crippen LogP contribution in [0.2, 0.25) is 0 Å². The minimum atomic E-state index is -0.408. The van der Waals surface area contributed by atoms with Crippen LogP contribution >= 0.6 is 0 Å². The molecule has 0 spiro atoms. The number of amides is 1. The number of nitrogens with zero attached hydrogens (tertiary/aromatic N) is 3. The predicted octanol–water partition coefficient (Wildman–Crippen LogP) is 3.44. The van der Waals surface area contributed by atoms with Crippen molar-refractivity contribution in [2.45, 2.75) is 56.4 Å². The molecule has 1 aromatic carbocycles. The lowest BCUT2D eigenvalue weighted by molar-refractivity contribution is -0.135. The number of rotatable bonds is 9. The molecule has 0 N–H and O–H groups in total. The van der Waals surface area contributed by atoms with Crippen molar-refractivity contribution in [2.24, 2.45) is 5.92 Å². The highest BCUT2D eigenvalue weighted by molar-refractivity contribution is 5.91. The zero-order chi connectivity index (χ0) is 20.6. The first kappa shape index (κ1) is 19.5. The van der Waals surface area contributed by atoms with E-state index in [1.165, 1.54) is 12.8 Å². The summed E-state index contributed by atoms with van der Waals surface area (Å²) in [6, 6.07) is 7.77. The largest absolute Gasteiger partial charge is 0.497 e. The minimum Gasteiger partial charge on any atom is -0.497 e. The maximum Gasteiger partial charge on any atom is 0.249 e. The molecular formula is C23H29N3O4. The number of aromatic nitrogens is 2. The van der Waals surface area contributed by atoms with Gasteiger partial charge in [-0.25, -0.2) is 0 Å². The smallest absolute Gasteiger partial charge is 0.249 e. The molecule has 2 aliphatic carbocycles. The fourth-order valence-electron chi connectivity index (χ4n) is 4.40. The molecule has 1 aliphatic heterocycles. The molecule has 2 aromatic rings. The van der Waals surface area contributed by atoms with Crippen molar-refractivity contribution in [3.63, 3.8) is 0 Å². The molecule has 7 nitrogen and oxygen atoms in total. The molecule has 1 unspecified atom stereocenters. The van der Waals surface area contributed by atoms with Crippen molar-refractivity contribution in [3.8, 4) is 5.75 Å². The molecule has 1 aromatic heterocycles. The van der Waals surface area contributed by atoms with Gasteiger partial charge in [-0.05, 0) is 62.1 Å². The van der Waals surface area contributed by atoms with Crippen molar-refractivity contribution in [3.05, 3.63) is 41.5 Å². The molecule has 1 atom stereocenters. The molecule has 3 aliphatic rings. The third-order valence-electron chi connectivity index (χ3n) is 6.60. The zero-order valence-corrected chi connectivity index (χ0v) is 17.5. The second-order valence-electron chi connectivity index (χ2n) is 8.78. The normalized spacial score (nSPS) is 22.3. The number of benzene rings is 1. The average Bonchev–Trinajstić information content (AvgIpc) is 3.67. The first-order chi connectivity index (χ1) is 14.7. The van der Waals surface area contributed by atoms with Crippen LogP contribution in [0.5, 0.6) is 5.75 Å². The summed E-state index contributed by atoms with van der Waals surface area (Å²) in [6.07, 6.45) is 6.81. The van der Waals surface area contributed by atoms with E-state index in [0.717, 1.165) is 56.1 Å². The average molecular weight is 412 g/mol. The molecule has 3 fully saturated rings. The minimum absolute atomic E-state index is 0.123. The summed E-state index contributed by atoms with van der Waals surface area (Å²) < 4.78 is 16.5. The van der Waals surface area contributed by atoms with Gasteiger partial charge >= 0.3 is 0 Å². The lowest BCUT2D eigenvalue weighted by Crippen LogP contribution is -2.39. The Balaban J connectivity index is 1.25. The lowest BCUT2D eigenvalue weighted by Gasteiger charge is -2.27. The highest BCUT2D eigenvalue weighted by atomic mass is 16.5. The van der Waals surface area contributed by atoms with Gasteiger partial charge in [0.1, 0.15) is 11.8 Å². The van der Waals surface area contributed by atoms with Crippen molar-refractivity contribution >= 4 is 5.91 Å². The van der Waals surface area contributed by atoms with Crippen molar-refractivity contribution < 1.29 is 18.8 Å². The predicted molar refractivity (Wildman–Crippen MR) is 109 cm³/mol. The van der Waals surface area contributed by atoms with Crippen LogP contribution in [0.4, 0.5) is 0 Å². The molecule has 0 radical (unpaired) electrons. The van der Waals surface area contributed by atoms with E-state index in [0.29, 0.717) is 24.7 Å². The van der Waals surface area contributed by atoms with Gasteiger partial charge in [-0.2, -0.15) is 4.98 Å². The van der Waals surface area contributed by atoms with E-state index in [1.54, 1.807) is 7.11 Å². The maximum absolute atomic E-state index is 13.5. The van der Waals surface area contributed by atoms with Crippen LogP contribution in [0.3, 0.4) is 0 Å². The fraction of sp³-hybridized carbons (Fsp3) is 0.609. The molecule has 30 heavy (non-hydrogen) atoms. The van der Waals surface area contributed by atoms with Gasteiger partial charge in [-0.1, -0.05) is 17.3 Å². The van der Waals surface area contributed by atoms with Crippen LogP contribution in [0.1, 0.15) is 61.8 Å². The standard InChI is InChI=1S/C23H29N3O4/c1-28-18-8-6-17(7-9-18)23(11-12-23)22(27)26-13-2-3-19(26)21-24-20(25-30-21)10-14-29-15-16-4-5-16/h6-9,16,19H,2-5,10-15H2,1H3. The zero-order valence-electron chi connectivity index (χ0n) is 17.5. The number of methoxy groups -OCH3 is 1. The van der Waals surface area contributed by atoms with Gasteiger partial charge in [0.25, 0.3) is 0 Å². The van der Waals surface area contributed by atoms with E-state index >= 15 is 0 Å². The van der Waals surface area contributed by atoms with Crippen molar-refractivity contribution in [2.75, 3.05) is 26.9 Å². The van der Waals surface area contributed by atoms with Crippen LogP contribution in [0, 0.1) is 5.92 Å². The molecular weight excluding hydrogens is 382 g/mol. The maximum atomic E-state index is 13.5. The Kier molecular flexibility index (Phi) is 5.23. The molecule has 160 valence electrons. The summed E-state index contributed by atoms with van der Waals surface area (Å²) >= 11 is 0. The van der Waals surface area contributed by atoms with E-state index in [-0.39, 0.29) is 11.9 Å². The van der Waals surface area contributed by atoms with Crippen LogP contribution < -0.4 is 4.74 Å². The molecule has 1 saturated heterocycles. The van der Waals surface area contributed by atoms with Gasteiger partial charge in [0, 0.05) is 19.6 Å². The van der Waals surface area contributed by atoms with Crippen LogP contribution in [0.15, 0.2) is 28.8 Å². The van der Waals surface area contributed by atoms with Gasteiger partial charge in [0.15, 0.2) is 5.82 Å². The van der Waals surface area contributed by atoms with E-state index in [9.17, 15) is 4.79 Å². The Morgan fingerprint density at radius 3 is 2.73 bits per heavy atom. The molecule has 5 rings (SSSR count). The van der Waals surface area contributed by atoms with Gasteiger partial charge in [0.2, 0.25) is 11.8 Å². The van der Waals surface area contributed by atoms with E-state index in [1.807, 2.05) is 29.2 Å². The van der Waals surface area contributed by atoms with Gasteiger partial charge in [-0.15, -0.1) is 0 Å². The SMILES string of the molecule is COc1ccc(C2(C(=O)N3CCCC3c3nc(CCOCC4CC4)no3)CC2)cc1. The Bertz CT molecular complexity index is 886. The van der Waals surface area contributed by atoms with E-state index < -0.39 is 5.41 Å². The quantitative estimate of drug-likeness (QED) is 0.588. The number of likely N-dealkylation sites (tertiary alicyclic amines) is 1. The highest BCUT2D eigenvalue weighted by Gasteiger charge is 2.55. The third-order valence-corrected chi connectivity index (χ3v) is 6.60. The van der Waals surface area contributed by atoms with Crippen LogP contribution in [-0.4, -0.2) is 47.8 Å². The number of hydrogen-bond donors (Lipinski definition) is 0. The summed E-state index contributed by atoms with van der Waals surface area (Å²) in [5.74, 6) is 2.97. The lowest BCUT2D eigenvalue weighted by atomic mass is 9.94. The first-order valence-electron chi connectivity index (χ1n) is 11.1. The number of carbonyl (C=O) groups excluding carboxylic acids is 1. The third kappa shape index (κ3) is 3.83. The highest BCUT2D eigenvalue weighted by Crippen LogP contribution is 2.51. The second-order valence-corrected chi connectivity index (χ2v) is 8.78. The Morgan fingerprint density at radius 2 is 2.03 bits per heavy atom. The Hall–Kier alpha value is -2.41. The topological polar surface area (TPSA) is 77.7 Å². The fourth-order valence-corrected chi connectivity index (χ4v) is 4.40. The summed E-state index contributed by atoms with van der Waals surface area (Å²) in [6.45, 7) is 2.19. The number of carbonyl (C=O) groups is 1. The van der Waals surface area contributed by atoms with Gasteiger partial charge in [-0.3, -0.25) is 4.79 Å². The number of hydrogen-bond acceptors (Lipinski definition) is 6.